The van der Waals surface area contributed by atoms with E-state index in [4.69, 9.17) is 10.8 Å². The van der Waals surface area contributed by atoms with Crippen LogP contribution in [0.2, 0.25) is 16.6 Å². The van der Waals surface area contributed by atoms with E-state index in [2.05, 4.69) is 52.8 Å². The Balaban J connectivity index is 2.24. The van der Waals surface area contributed by atoms with Crippen LogP contribution in [-0.4, -0.2) is 20.3 Å². The Hall–Kier alpha value is -1.57. The molecule has 0 aromatic heterocycles. The summed E-state index contributed by atoms with van der Waals surface area (Å²) in [7, 11) is -2.05. The van der Waals surface area contributed by atoms with Crippen molar-refractivity contribution in [3.05, 3.63) is 35.4 Å². The summed E-state index contributed by atoms with van der Waals surface area (Å²) in [5.74, 6) is 2.84. The van der Waals surface area contributed by atoms with Crippen LogP contribution in [0.4, 0.5) is 0 Å². The standard InChI is InChI=1S/C21H31NO2Si/c1-8-17(24-25(14(2)3,15(4)5)16(6)7)13-20-18-11-9-10-12-19(18)21(23)22-20/h1,9-12,14-17,20H,13H2,2-7H3,(H,22,23). The van der Waals surface area contributed by atoms with E-state index in [0.717, 1.165) is 11.1 Å². The molecule has 3 nitrogen and oxygen atoms in total. The van der Waals surface area contributed by atoms with Gasteiger partial charge in [-0.25, -0.2) is 0 Å². The largest absolute Gasteiger partial charge is 0.402 e. The molecule has 1 aromatic rings. The Kier molecular flexibility index (Phi) is 6.13. The molecule has 1 aromatic carbocycles. The SMILES string of the molecule is C#CC(CC1NC(=O)c2ccccc21)O[Si](C(C)C)(C(C)C)C(C)C. The highest BCUT2D eigenvalue weighted by molar-refractivity contribution is 6.77. The van der Waals surface area contributed by atoms with E-state index in [9.17, 15) is 4.79 Å². The average molecular weight is 358 g/mol. The van der Waals surface area contributed by atoms with Gasteiger partial charge in [0.2, 0.25) is 8.32 Å². The van der Waals surface area contributed by atoms with Crippen molar-refractivity contribution in [2.75, 3.05) is 0 Å². The third-order valence-corrected chi connectivity index (χ3v) is 11.7. The number of amides is 1. The molecule has 1 aliphatic rings. The third kappa shape index (κ3) is 3.68. The van der Waals surface area contributed by atoms with Gasteiger partial charge < -0.3 is 9.74 Å². The Morgan fingerprint density at radius 1 is 1.12 bits per heavy atom. The van der Waals surface area contributed by atoms with Crippen molar-refractivity contribution in [1.82, 2.24) is 5.32 Å². The van der Waals surface area contributed by atoms with Crippen LogP contribution in [0.25, 0.3) is 0 Å². The van der Waals surface area contributed by atoms with Crippen molar-refractivity contribution >= 4 is 14.2 Å². The van der Waals surface area contributed by atoms with E-state index in [0.29, 0.717) is 23.0 Å². The van der Waals surface area contributed by atoms with Gasteiger partial charge in [0, 0.05) is 12.0 Å². The summed E-state index contributed by atoms with van der Waals surface area (Å²) in [4.78, 5) is 12.2. The highest BCUT2D eigenvalue weighted by atomic mass is 28.4. The molecule has 0 fully saturated rings. The summed E-state index contributed by atoms with van der Waals surface area (Å²) < 4.78 is 6.74. The van der Waals surface area contributed by atoms with Gasteiger partial charge in [0.25, 0.3) is 5.91 Å². The molecule has 2 unspecified atom stereocenters. The van der Waals surface area contributed by atoms with E-state index in [-0.39, 0.29) is 18.1 Å². The molecule has 1 amide bonds. The first-order valence-corrected chi connectivity index (χ1v) is 11.4. The minimum Gasteiger partial charge on any atom is -0.402 e. The van der Waals surface area contributed by atoms with Gasteiger partial charge in [-0.1, -0.05) is 65.7 Å². The first-order chi connectivity index (χ1) is 11.7. The fourth-order valence-electron chi connectivity index (χ4n) is 4.53. The zero-order valence-corrected chi connectivity index (χ0v) is 17.3. The van der Waals surface area contributed by atoms with E-state index in [1.807, 2.05) is 24.3 Å². The van der Waals surface area contributed by atoms with Crippen molar-refractivity contribution in [3.8, 4) is 12.3 Å². The van der Waals surface area contributed by atoms with Crippen LogP contribution >= 0.6 is 0 Å². The number of carbonyl (C=O) groups is 1. The monoisotopic (exact) mass is 357 g/mol. The van der Waals surface area contributed by atoms with Crippen LogP contribution in [0.5, 0.6) is 0 Å². The molecule has 0 radical (unpaired) electrons. The fourth-order valence-corrected chi connectivity index (χ4v) is 10.00. The summed E-state index contributed by atoms with van der Waals surface area (Å²) in [5, 5.41) is 3.06. The van der Waals surface area contributed by atoms with Crippen molar-refractivity contribution < 1.29 is 9.22 Å². The number of hydrogen-bond donors (Lipinski definition) is 1. The number of rotatable bonds is 7. The minimum atomic E-state index is -2.05. The number of hydrogen-bond acceptors (Lipinski definition) is 2. The second-order valence-electron chi connectivity index (χ2n) is 7.94. The number of fused-ring (bicyclic) bond motifs is 1. The number of carbonyl (C=O) groups excluding carboxylic acids is 1. The van der Waals surface area contributed by atoms with Crippen LogP contribution in [0, 0.1) is 12.3 Å². The lowest BCUT2D eigenvalue weighted by Gasteiger charge is -2.44. The van der Waals surface area contributed by atoms with Gasteiger partial charge in [0.1, 0.15) is 6.10 Å². The number of terminal acetylenes is 1. The molecule has 0 saturated heterocycles. The van der Waals surface area contributed by atoms with Crippen LogP contribution in [0.3, 0.4) is 0 Å². The van der Waals surface area contributed by atoms with Crippen molar-refractivity contribution in [2.24, 2.45) is 0 Å². The van der Waals surface area contributed by atoms with E-state index in [1.54, 1.807) is 0 Å². The van der Waals surface area contributed by atoms with Crippen molar-refractivity contribution in [2.45, 2.75) is 76.7 Å². The molecule has 136 valence electrons. The molecule has 4 heteroatoms. The second kappa shape index (κ2) is 7.76. The average Bonchev–Trinajstić information content (AvgIpc) is 2.86. The summed E-state index contributed by atoms with van der Waals surface area (Å²) in [5.41, 5.74) is 3.22. The van der Waals surface area contributed by atoms with Crippen LogP contribution in [0.1, 0.15) is 69.9 Å². The lowest BCUT2D eigenvalue weighted by atomic mass is 10.0. The summed E-state index contributed by atoms with van der Waals surface area (Å²) in [6, 6.07) is 7.66. The van der Waals surface area contributed by atoms with Gasteiger partial charge in [-0.05, 0) is 28.3 Å². The molecule has 1 N–H and O–H groups in total. The molecular formula is C21H31NO2Si. The number of nitrogens with one attached hydrogen (secondary N) is 1. The van der Waals surface area contributed by atoms with Crippen molar-refractivity contribution in [1.29, 1.82) is 0 Å². The van der Waals surface area contributed by atoms with Gasteiger partial charge in [0.05, 0.1) is 6.04 Å². The van der Waals surface area contributed by atoms with Crippen LogP contribution < -0.4 is 5.32 Å². The quantitative estimate of drug-likeness (QED) is 0.547. The Labute approximate surface area is 153 Å². The second-order valence-corrected chi connectivity index (χ2v) is 13.3. The third-order valence-electron chi connectivity index (χ3n) is 5.58. The van der Waals surface area contributed by atoms with E-state index < -0.39 is 8.32 Å². The van der Waals surface area contributed by atoms with Crippen molar-refractivity contribution in [3.63, 3.8) is 0 Å². The highest BCUT2D eigenvalue weighted by Crippen LogP contribution is 2.44. The Morgan fingerprint density at radius 2 is 1.68 bits per heavy atom. The molecule has 0 aliphatic carbocycles. The summed E-state index contributed by atoms with van der Waals surface area (Å²) >= 11 is 0. The van der Waals surface area contributed by atoms with Crippen LogP contribution in [-0.2, 0) is 4.43 Å². The van der Waals surface area contributed by atoms with E-state index in [1.165, 1.54) is 0 Å². The summed E-state index contributed by atoms with van der Waals surface area (Å²) in [6.07, 6.45) is 6.19. The normalized spacial score (nSPS) is 18.4. The molecule has 0 bridgehead atoms. The first-order valence-electron chi connectivity index (χ1n) is 9.27. The van der Waals surface area contributed by atoms with Gasteiger partial charge in [-0.2, -0.15) is 0 Å². The molecule has 2 atom stereocenters. The molecular weight excluding hydrogens is 326 g/mol. The Morgan fingerprint density at radius 3 is 2.20 bits per heavy atom. The molecule has 1 heterocycles. The maximum atomic E-state index is 12.2. The molecule has 0 saturated carbocycles. The zero-order chi connectivity index (χ0) is 18.8. The summed E-state index contributed by atoms with van der Waals surface area (Å²) in [6.45, 7) is 13.5. The Bertz CT molecular complexity index is 638. The van der Waals surface area contributed by atoms with E-state index >= 15 is 0 Å². The topological polar surface area (TPSA) is 38.3 Å². The number of benzene rings is 1. The lowest BCUT2D eigenvalue weighted by molar-refractivity contribution is 0.0948. The van der Waals surface area contributed by atoms with Gasteiger partial charge in [0.15, 0.2) is 0 Å². The maximum Gasteiger partial charge on any atom is 0.252 e. The smallest absolute Gasteiger partial charge is 0.252 e. The van der Waals surface area contributed by atoms with Gasteiger partial charge in [-0.3, -0.25) is 4.79 Å². The van der Waals surface area contributed by atoms with Gasteiger partial charge >= 0.3 is 0 Å². The lowest BCUT2D eigenvalue weighted by Crippen LogP contribution is -2.50. The van der Waals surface area contributed by atoms with Crippen LogP contribution in [0.15, 0.2) is 24.3 Å². The van der Waals surface area contributed by atoms with Gasteiger partial charge in [-0.15, -0.1) is 6.42 Å². The highest BCUT2D eigenvalue weighted by Gasteiger charge is 2.47. The molecule has 2 rings (SSSR count). The minimum absolute atomic E-state index is 0.0172. The maximum absolute atomic E-state index is 12.2. The predicted molar refractivity (Wildman–Crippen MR) is 106 cm³/mol. The first kappa shape index (κ1) is 19.7. The predicted octanol–water partition coefficient (Wildman–Crippen LogP) is 5.06. The molecule has 1 aliphatic heterocycles. The zero-order valence-electron chi connectivity index (χ0n) is 16.3. The molecule has 25 heavy (non-hydrogen) atoms. The fraction of sp³-hybridized carbons (Fsp3) is 0.571. The molecule has 0 spiro atoms.